The molecule has 1 spiro atoms. The van der Waals surface area contributed by atoms with E-state index in [1.165, 1.54) is 0 Å². The molecule has 0 bridgehead atoms. The molecule has 2 saturated heterocycles. The molecule has 4 rings (SSSR count). The first-order valence-corrected chi connectivity index (χ1v) is 14.5. The highest BCUT2D eigenvalue weighted by Gasteiger charge is 2.53. The minimum absolute atomic E-state index is 0.102. The lowest BCUT2D eigenvalue weighted by Gasteiger charge is -2.44. The largest absolute Gasteiger partial charge is 0.493 e. The van der Waals surface area contributed by atoms with Crippen molar-refractivity contribution in [3.8, 4) is 11.5 Å². The monoisotopic (exact) mass is 529 g/mol. The smallest absolute Gasteiger partial charge is 0.243 e. The number of carbonyl (C=O) groups is 1. The van der Waals surface area contributed by atoms with Gasteiger partial charge < -0.3 is 14.4 Å². The SMILES string of the molecule is CC[C@@H](C)[C@@H]1NC2(CCN(S(=O)(=O)c3ccc(C)cc3)CC2)N(CCc2ccc(OC)c(OC)c2)C1=O. The Labute approximate surface area is 221 Å². The van der Waals surface area contributed by atoms with Crippen molar-refractivity contribution in [1.82, 2.24) is 14.5 Å². The van der Waals surface area contributed by atoms with Gasteiger partial charge in [-0.05, 0) is 61.9 Å². The number of piperidine rings is 1. The van der Waals surface area contributed by atoms with E-state index in [1.807, 2.05) is 42.2 Å². The molecular formula is C28H39N3O5S. The van der Waals surface area contributed by atoms with Crippen LogP contribution in [0.2, 0.25) is 0 Å². The molecule has 2 fully saturated rings. The Kier molecular flexibility index (Phi) is 8.16. The Morgan fingerprint density at radius 1 is 1.05 bits per heavy atom. The molecule has 0 aliphatic carbocycles. The van der Waals surface area contributed by atoms with E-state index < -0.39 is 15.7 Å². The standard InChI is InChI=1S/C28H39N3O5S/c1-6-21(3)26-27(32)31(16-13-22-9-12-24(35-4)25(19-22)36-5)28(29-26)14-17-30(18-15-28)37(33,34)23-10-7-20(2)8-11-23/h7-12,19,21,26,29H,6,13-18H2,1-5H3/t21-,26+/m1/s1. The molecule has 0 radical (unpaired) electrons. The van der Waals surface area contributed by atoms with Crippen molar-refractivity contribution in [3.63, 3.8) is 0 Å². The minimum Gasteiger partial charge on any atom is -0.493 e. The fraction of sp³-hybridized carbons (Fsp3) is 0.536. The maximum absolute atomic E-state index is 13.6. The second-order valence-electron chi connectivity index (χ2n) is 10.2. The summed E-state index contributed by atoms with van der Waals surface area (Å²) in [5.41, 5.74) is 1.51. The van der Waals surface area contributed by atoms with E-state index in [0.29, 0.717) is 55.3 Å². The summed E-state index contributed by atoms with van der Waals surface area (Å²) in [5, 5.41) is 3.66. The second kappa shape index (κ2) is 11.0. The van der Waals surface area contributed by atoms with Gasteiger partial charge in [-0.15, -0.1) is 0 Å². The highest BCUT2D eigenvalue weighted by Crippen LogP contribution is 2.37. The van der Waals surface area contributed by atoms with Gasteiger partial charge in [-0.25, -0.2) is 8.42 Å². The van der Waals surface area contributed by atoms with E-state index in [-0.39, 0.29) is 17.9 Å². The molecule has 1 N–H and O–H groups in total. The van der Waals surface area contributed by atoms with E-state index in [0.717, 1.165) is 17.5 Å². The van der Waals surface area contributed by atoms with Gasteiger partial charge in [-0.1, -0.05) is 44.0 Å². The number of hydrogen-bond acceptors (Lipinski definition) is 6. The number of rotatable bonds is 9. The van der Waals surface area contributed by atoms with Crippen LogP contribution < -0.4 is 14.8 Å². The average molecular weight is 530 g/mol. The molecule has 2 aliphatic heterocycles. The zero-order chi connectivity index (χ0) is 26.8. The summed E-state index contributed by atoms with van der Waals surface area (Å²) in [6, 6.07) is 12.5. The van der Waals surface area contributed by atoms with Crippen LogP contribution >= 0.6 is 0 Å². The van der Waals surface area contributed by atoms with Crippen LogP contribution in [0.3, 0.4) is 0 Å². The summed E-state index contributed by atoms with van der Waals surface area (Å²) in [6.07, 6.45) is 2.64. The lowest BCUT2D eigenvalue weighted by atomic mass is 9.96. The number of sulfonamides is 1. The molecule has 2 aromatic carbocycles. The normalized spacial score (nSPS) is 20.8. The third-order valence-corrected chi connectivity index (χ3v) is 9.88. The van der Waals surface area contributed by atoms with Crippen molar-refractivity contribution in [2.45, 2.75) is 63.1 Å². The van der Waals surface area contributed by atoms with E-state index in [4.69, 9.17) is 9.47 Å². The van der Waals surface area contributed by atoms with Crippen LogP contribution in [0, 0.1) is 12.8 Å². The minimum atomic E-state index is -3.58. The third-order valence-electron chi connectivity index (χ3n) is 7.97. The molecule has 0 saturated carbocycles. The Bertz CT molecular complexity index is 1210. The van der Waals surface area contributed by atoms with Gasteiger partial charge in [0, 0.05) is 19.6 Å². The number of ether oxygens (including phenoxy) is 2. The number of aryl methyl sites for hydroxylation is 1. The summed E-state index contributed by atoms with van der Waals surface area (Å²) >= 11 is 0. The molecule has 9 heteroatoms. The number of carbonyl (C=O) groups excluding carboxylic acids is 1. The number of benzene rings is 2. The average Bonchev–Trinajstić information content (AvgIpc) is 3.17. The number of nitrogens with one attached hydrogen (secondary N) is 1. The van der Waals surface area contributed by atoms with Gasteiger partial charge in [0.1, 0.15) is 0 Å². The predicted molar refractivity (Wildman–Crippen MR) is 143 cm³/mol. The topological polar surface area (TPSA) is 88.2 Å². The first-order valence-electron chi connectivity index (χ1n) is 13.0. The molecule has 0 aromatic heterocycles. The first-order chi connectivity index (χ1) is 17.6. The van der Waals surface area contributed by atoms with Crippen LogP contribution in [-0.4, -0.2) is 69.1 Å². The van der Waals surface area contributed by atoms with Gasteiger partial charge in [-0.2, -0.15) is 4.31 Å². The van der Waals surface area contributed by atoms with Crippen molar-refractivity contribution in [1.29, 1.82) is 0 Å². The summed E-state index contributed by atoms with van der Waals surface area (Å²) in [7, 11) is -0.366. The second-order valence-corrected chi connectivity index (χ2v) is 12.1. The fourth-order valence-corrected chi connectivity index (χ4v) is 6.84. The summed E-state index contributed by atoms with van der Waals surface area (Å²) < 4.78 is 38.9. The number of hydrogen-bond donors (Lipinski definition) is 1. The zero-order valence-electron chi connectivity index (χ0n) is 22.5. The van der Waals surface area contributed by atoms with Crippen LogP contribution in [-0.2, 0) is 21.2 Å². The number of amides is 1. The first kappa shape index (κ1) is 27.4. The van der Waals surface area contributed by atoms with E-state index in [2.05, 4.69) is 19.2 Å². The van der Waals surface area contributed by atoms with E-state index in [9.17, 15) is 13.2 Å². The third kappa shape index (κ3) is 5.35. The van der Waals surface area contributed by atoms with Gasteiger partial charge in [0.25, 0.3) is 0 Å². The van der Waals surface area contributed by atoms with Gasteiger partial charge >= 0.3 is 0 Å². The van der Waals surface area contributed by atoms with Crippen LogP contribution in [0.4, 0.5) is 0 Å². The molecule has 202 valence electrons. The van der Waals surface area contributed by atoms with Crippen molar-refractivity contribution in [2.75, 3.05) is 33.9 Å². The maximum Gasteiger partial charge on any atom is 0.243 e. The van der Waals surface area contributed by atoms with Crippen LogP contribution in [0.5, 0.6) is 11.5 Å². The Morgan fingerprint density at radius 2 is 1.70 bits per heavy atom. The van der Waals surface area contributed by atoms with Crippen LogP contribution in [0.15, 0.2) is 47.4 Å². The van der Waals surface area contributed by atoms with Crippen molar-refractivity contribution in [3.05, 3.63) is 53.6 Å². The molecule has 37 heavy (non-hydrogen) atoms. The maximum atomic E-state index is 13.6. The van der Waals surface area contributed by atoms with Crippen LogP contribution in [0.1, 0.15) is 44.2 Å². The molecular weight excluding hydrogens is 490 g/mol. The molecule has 2 aromatic rings. The molecule has 2 aliphatic rings. The Balaban J connectivity index is 1.53. The van der Waals surface area contributed by atoms with E-state index >= 15 is 0 Å². The predicted octanol–water partition coefficient (Wildman–Crippen LogP) is 3.58. The number of nitrogens with zero attached hydrogens (tertiary/aromatic N) is 2. The zero-order valence-corrected chi connectivity index (χ0v) is 23.3. The molecule has 8 nitrogen and oxygen atoms in total. The van der Waals surface area contributed by atoms with Gasteiger partial charge in [-0.3, -0.25) is 10.1 Å². The lowest BCUT2D eigenvalue weighted by molar-refractivity contribution is -0.133. The summed E-state index contributed by atoms with van der Waals surface area (Å²) in [6.45, 7) is 7.38. The van der Waals surface area contributed by atoms with E-state index in [1.54, 1.807) is 30.7 Å². The van der Waals surface area contributed by atoms with Crippen LogP contribution in [0.25, 0.3) is 0 Å². The highest BCUT2D eigenvalue weighted by molar-refractivity contribution is 7.89. The summed E-state index contributed by atoms with van der Waals surface area (Å²) in [5.74, 6) is 1.61. The quantitative estimate of drug-likeness (QED) is 0.534. The van der Waals surface area contributed by atoms with Gasteiger partial charge in [0.15, 0.2) is 11.5 Å². The molecule has 2 heterocycles. The van der Waals surface area contributed by atoms with Crippen molar-refractivity contribution in [2.24, 2.45) is 5.92 Å². The van der Waals surface area contributed by atoms with Crippen molar-refractivity contribution < 1.29 is 22.7 Å². The lowest BCUT2D eigenvalue weighted by Crippen LogP contribution is -2.60. The number of methoxy groups -OCH3 is 2. The molecule has 0 unspecified atom stereocenters. The molecule has 1 amide bonds. The van der Waals surface area contributed by atoms with Crippen molar-refractivity contribution >= 4 is 15.9 Å². The van der Waals surface area contributed by atoms with Gasteiger partial charge in [0.2, 0.25) is 15.9 Å². The summed E-state index contributed by atoms with van der Waals surface area (Å²) in [4.78, 5) is 15.9. The Hall–Kier alpha value is -2.62. The Morgan fingerprint density at radius 3 is 2.30 bits per heavy atom. The molecule has 2 atom stereocenters. The van der Waals surface area contributed by atoms with Gasteiger partial charge in [0.05, 0.1) is 30.8 Å². The highest BCUT2D eigenvalue weighted by atomic mass is 32.2. The fourth-order valence-electron chi connectivity index (χ4n) is 5.40.